The molecular formula is C31H30N2O3. The summed E-state index contributed by atoms with van der Waals surface area (Å²) in [4.78, 5) is 27.8. The molecule has 0 saturated heterocycles. The Hall–Kier alpha value is -4.38. The van der Waals surface area contributed by atoms with E-state index in [1.807, 2.05) is 121 Å². The summed E-state index contributed by atoms with van der Waals surface area (Å²) in [5, 5.41) is 2.84. The summed E-state index contributed by atoms with van der Waals surface area (Å²) in [6.07, 6.45) is -0.488. The molecular weight excluding hydrogens is 448 g/mol. The van der Waals surface area contributed by atoms with Gasteiger partial charge in [-0.05, 0) is 40.8 Å². The molecule has 182 valence electrons. The van der Waals surface area contributed by atoms with Crippen LogP contribution >= 0.6 is 0 Å². The molecule has 0 aliphatic heterocycles. The number of ether oxygens (including phenoxy) is 1. The third-order valence-electron chi connectivity index (χ3n) is 5.99. The first-order valence-corrected chi connectivity index (χ1v) is 12.1. The maximum Gasteiger partial charge on any atom is 0.407 e. The second-order valence-electron chi connectivity index (χ2n) is 8.42. The number of nitrogens with one attached hydrogen (secondary N) is 1. The largest absolute Gasteiger partial charge is 0.445 e. The molecule has 0 aliphatic carbocycles. The Labute approximate surface area is 212 Å². The van der Waals surface area contributed by atoms with Gasteiger partial charge in [0.2, 0.25) is 0 Å². The minimum atomic E-state index is -0.488. The minimum Gasteiger partial charge on any atom is -0.445 e. The van der Waals surface area contributed by atoms with Crippen LogP contribution in [0, 0.1) is 0 Å². The zero-order valence-electron chi connectivity index (χ0n) is 20.4. The summed E-state index contributed by atoms with van der Waals surface area (Å²) in [7, 11) is 0. The molecule has 0 atom stereocenters. The number of alkyl carbamates (subject to hydrolysis) is 1. The van der Waals surface area contributed by atoms with Crippen molar-refractivity contribution in [3.8, 4) is 11.1 Å². The number of carbonyl (C=O) groups is 2. The Morgan fingerprint density at radius 3 is 2.00 bits per heavy atom. The van der Waals surface area contributed by atoms with Gasteiger partial charge in [-0.25, -0.2) is 4.79 Å². The Kier molecular flexibility index (Phi) is 8.49. The molecule has 5 nitrogen and oxygen atoms in total. The molecule has 36 heavy (non-hydrogen) atoms. The summed E-state index contributed by atoms with van der Waals surface area (Å²) in [5.74, 6) is -0.0259. The van der Waals surface area contributed by atoms with Crippen molar-refractivity contribution in [3.63, 3.8) is 0 Å². The summed E-state index contributed by atoms with van der Waals surface area (Å²) >= 11 is 0. The molecule has 2 amide bonds. The van der Waals surface area contributed by atoms with Crippen LogP contribution in [0.3, 0.4) is 0 Å². The number of hydrogen-bond donors (Lipinski definition) is 1. The highest BCUT2D eigenvalue weighted by atomic mass is 16.5. The van der Waals surface area contributed by atoms with Gasteiger partial charge in [0.25, 0.3) is 5.91 Å². The first-order valence-electron chi connectivity index (χ1n) is 12.1. The molecule has 0 fully saturated rings. The first-order chi connectivity index (χ1) is 17.7. The number of amides is 2. The van der Waals surface area contributed by atoms with Crippen molar-refractivity contribution in [2.45, 2.75) is 26.6 Å². The maximum atomic E-state index is 13.6. The van der Waals surface area contributed by atoms with Gasteiger partial charge in [-0.1, -0.05) is 103 Å². The van der Waals surface area contributed by atoms with Crippen LogP contribution in [0.15, 0.2) is 109 Å². The van der Waals surface area contributed by atoms with Gasteiger partial charge in [0, 0.05) is 25.2 Å². The lowest BCUT2D eigenvalue weighted by atomic mass is 9.94. The second kappa shape index (κ2) is 12.4. The van der Waals surface area contributed by atoms with E-state index in [2.05, 4.69) is 5.32 Å². The molecule has 0 saturated carbocycles. The van der Waals surface area contributed by atoms with Crippen molar-refractivity contribution in [3.05, 3.63) is 131 Å². The van der Waals surface area contributed by atoms with E-state index in [9.17, 15) is 9.59 Å². The van der Waals surface area contributed by atoms with E-state index < -0.39 is 6.09 Å². The van der Waals surface area contributed by atoms with E-state index in [0.29, 0.717) is 18.7 Å². The van der Waals surface area contributed by atoms with Gasteiger partial charge in [0.1, 0.15) is 6.61 Å². The van der Waals surface area contributed by atoms with Crippen LogP contribution in [-0.4, -0.2) is 23.4 Å². The highest BCUT2D eigenvalue weighted by molar-refractivity contribution is 6.01. The Morgan fingerprint density at radius 1 is 0.722 bits per heavy atom. The molecule has 0 heterocycles. The van der Waals surface area contributed by atoms with Crippen LogP contribution in [0.2, 0.25) is 0 Å². The molecule has 4 aromatic rings. The average molecular weight is 479 g/mol. The third kappa shape index (κ3) is 6.39. The van der Waals surface area contributed by atoms with Gasteiger partial charge in [-0.2, -0.15) is 0 Å². The fourth-order valence-electron chi connectivity index (χ4n) is 4.08. The lowest BCUT2D eigenvalue weighted by molar-refractivity contribution is 0.0753. The summed E-state index contributed by atoms with van der Waals surface area (Å²) in [6, 6.07) is 35.0. The SMILES string of the molecule is CCN(Cc1ccccc1)C(=O)c1ccccc1-c1ccccc1CNC(=O)OCc1ccccc1. The second-order valence-corrected chi connectivity index (χ2v) is 8.42. The zero-order valence-corrected chi connectivity index (χ0v) is 20.4. The van der Waals surface area contributed by atoms with Gasteiger partial charge in [-0.15, -0.1) is 0 Å². The van der Waals surface area contributed by atoms with Crippen molar-refractivity contribution in [1.82, 2.24) is 10.2 Å². The van der Waals surface area contributed by atoms with Crippen molar-refractivity contribution >= 4 is 12.0 Å². The highest BCUT2D eigenvalue weighted by Gasteiger charge is 2.20. The molecule has 5 heteroatoms. The quantitative estimate of drug-likeness (QED) is 0.301. The molecule has 0 aromatic heterocycles. The van der Waals surface area contributed by atoms with Gasteiger partial charge < -0.3 is 15.0 Å². The van der Waals surface area contributed by atoms with E-state index in [-0.39, 0.29) is 19.1 Å². The number of nitrogens with zero attached hydrogens (tertiary/aromatic N) is 1. The van der Waals surface area contributed by atoms with Gasteiger partial charge in [-0.3, -0.25) is 4.79 Å². The number of carbonyl (C=O) groups excluding carboxylic acids is 2. The van der Waals surface area contributed by atoms with E-state index in [0.717, 1.165) is 27.8 Å². The molecule has 4 aromatic carbocycles. The molecule has 1 N–H and O–H groups in total. The predicted molar refractivity (Wildman–Crippen MR) is 142 cm³/mol. The van der Waals surface area contributed by atoms with Crippen molar-refractivity contribution in [2.75, 3.05) is 6.54 Å². The van der Waals surface area contributed by atoms with Crippen LogP contribution < -0.4 is 5.32 Å². The van der Waals surface area contributed by atoms with Crippen molar-refractivity contribution < 1.29 is 14.3 Å². The predicted octanol–water partition coefficient (Wildman–Crippen LogP) is 6.44. The maximum absolute atomic E-state index is 13.6. The smallest absolute Gasteiger partial charge is 0.407 e. The number of rotatable bonds is 9. The molecule has 0 bridgehead atoms. The van der Waals surface area contributed by atoms with Crippen LogP contribution in [0.1, 0.15) is 34.0 Å². The number of benzene rings is 4. The fraction of sp³-hybridized carbons (Fsp3) is 0.161. The van der Waals surface area contributed by atoms with E-state index in [1.54, 1.807) is 0 Å². The molecule has 0 aliphatic rings. The van der Waals surface area contributed by atoms with Gasteiger partial charge >= 0.3 is 6.09 Å². The van der Waals surface area contributed by atoms with Crippen LogP contribution in [0.4, 0.5) is 4.79 Å². The molecule has 0 unspecified atom stereocenters. The standard InChI is InChI=1S/C31H30N2O3/c1-2-33(22-24-13-5-3-6-14-24)30(34)29-20-12-11-19-28(29)27-18-10-9-17-26(27)21-32-31(35)36-23-25-15-7-4-8-16-25/h3-20H,2,21-23H2,1H3,(H,32,35). The normalized spacial score (nSPS) is 10.5. The van der Waals surface area contributed by atoms with Crippen molar-refractivity contribution in [1.29, 1.82) is 0 Å². The van der Waals surface area contributed by atoms with Crippen LogP contribution in [0.25, 0.3) is 11.1 Å². The van der Waals surface area contributed by atoms with Crippen molar-refractivity contribution in [2.24, 2.45) is 0 Å². The zero-order chi connectivity index (χ0) is 25.2. The summed E-state index contributed by atoms with van der Waals surface area (Å²) in [5.41, 5.74) is 5.29. The third-order valence-corrected chi connectivity index (χ3v) is 5.99. The van der Waals surface area contributed by atoms with E-state index in [1.165, 1.54) is 0 Å². The molecule has 0 spiro atoms. The average Bonchev–Trinajstić information content (AvgIpc) is 2.94. The Balaban J connectivity index is 1.50. The summed E-state index contributed by atoms with van der Waals surface area (Å²) < 4.78 is 5.35. The Bertz CT molecular complexity index is 1290. The van der Waals surface area contributed by atoms with E-state index >= 15 is 0 Å². The number of hydrogen-bond acceptors (Lipinski definition) is 3. The molecule has 4 rings (SSSR count). The molecule has 0 radical (unpaired) electrons. The van der Waals surface area contributed by atoms with Gasteiger partial charge in [0.15, 0.2) is 0 Å². The minimum absolute atomic E-state index is 0.0259. The highest BCUT2D eigenvalue weighted by Crippen LogP contribution is 2.28. The van der Waals surface area contributed by atoms with E-state index in [4.69, 9.17) is 4.74 Å². The topological polar surface area (TPSA) is 58.6 Å². The van der Waals surface area contributed by atoms with Gasteiger partial charge in [0.05, 0.1) is 0 Å². The lowest BCUT2D eigenvalue weighted by Crippen LogP contribution is -2.30. The first kappa shape index (κ1) is 24.7. The monoisotopic (exact) mass is 478 g/mol. The summed E-state index contributed by atoms with van der Waals surface area (Å²) in [6.45, 7) is 3.62. The Morgan fingerprint density at radius 2 is 1.31 bits per heavy atom. The lowest BCUT2D eigenvalue weighted by Gasteiger charge is -2.23. The van der Waals surface area contributed by atoms with Crippen LogP contribution in [-0.2, 0) is 24.4 Å². The fourth-order valence-corrected chi connectivity index (χ4v) is 4.08. The van der Waals surface area contributed by atoms with Crippen LogP contribution in [0.5, 0.6) is 0 Å².